The lowest BCUT2D eigenvalue weighted by molar-refractivity contribution is -0.188. The van der Waals surface area contributed by atoms with Gasteiger partial charge in [0.25, 0.3) is 0 Å². The van der Waals surface area contributed by atoms with Crippen molar-refractivity contribution >= 4 is 5.97 Å². The van der Waals surface area contributed by atoms with Crippen LogP contribution in [0.2, 0.25) is 0 Å². The molecule has 0 radical (unpaired) electrons. The number of rotatable bonds is 4. The number of esters is 1. The van der Waals surface area contributed by atoms with E-state index in [4.69, 9.17) is 4.74 Å². The van der Waals surface area contributed by atoms with Crippen molar-refractivity contribution in [2.24, 2.45) is 57.7 Å². The molecule has 2 saturated carbocycles. The van der Waals surface area contributed by atoms with Crippen molar-refractivity contribution < 1.29 is 9.53 Å². The lowest BCUT2D eigenvalue weighted by atomic mass is 9.50. The van der Waals surface area contributed by atoms with E-state index in [1.807, 2.05) is 0 Å². The zero-order chi connectivity index (χ0) is 26.3. The summed E-state index contributed by atoms with van der Waals surface area (Å²) in [5.41, 5.74) is -0.0406. The molecule has 8 unspecified atom stereocenters. The Morgan fingerprint density at radius 2 is 1.44 bits per heavy atom. The molecule has 2 aliphatic rings. The smallest absolute Gasteiger partial charge is 0.309 e. The first-order valence-corrected chi connectivity index (χ1v) is 14.6. The highest BCUT2D eigenvalue weighted by Crippen LogP contribution is 2.56. The molecule has 0 aromatic heterocycles. The summed E-state index contributed by atoms with van der Waals surface area (Å²) in [6, 6.07) is 0. The third-order valence-corrected chi connectivity index (χ3v) is 10.4. The van der Waals surface area contributed by atoms with Gasteiger partial charge in [-0.25, -0.2) is 0 Å². The van der Waals surface area contributed by atoms with Gasteiger partial charge in [-0.1, -0.05) is 102 Å². The van der Waals surface area contributed by atoms with E-state index in [0.717, 1.165) is 18.8 Å². The van der Waals surface area contributed by atoms with Crippen molar-refractivity contribution in [2.75, 3.05) is 0 Å². The minimum Gasteiger partial charge on any atom is -0.459 e. The minimum absolute atomic E-state index is 0.00588. The summed E-state index contributed by atoms with van der Waals surface area (Å²) in [6.07, 6.45) is 8.46. The van der Waals surface area contributed by atoms with E-state index >= 15 is 0 Å². The largest absolute Gasteiger partial charge is 0.459 e. The van der Waals surface area contributed by atoms with E-state index in [2.05, 4.69) is 90.0 Å². The van der Waals surface area contributed by atoms with Crippen LogP contribution in [-0.4, -0.2) is 11.6 Å². The molecule has 0 aromatic rings. The average Bonchev–Trinajstić information content (AvgIpc) is 2.64. The first-order valence-electron chi connectivity index (χ1n) is 14.6. The van der Waals surface area contributed by atoms with E-state index in [9.17, 15) is 4.79 Å². The Hall–Kier alpha value is -0.530. The first kappa shape index (κ1) is 29.7. The number of carbonyl (C=O) groups excluding carboxylic acids is 1. The van der Waals surface area contributed by atoms with Crippen LogP contribution in [0.25, 0.3) is 0 Å². The Balaban J connectivity index is 2.31. The van der Waals surface area contributed by atoms with Crippen LogP contribution < -0.4 is 0 Å². The highest BCUT2D eigenvalue weighted by molar-refractivity contribution is 5.73. The molecular weight excluding hydrogens is 416 g/mol. The van der Waals surface area contributed by atoms with Crippen LogP contribution in [0.3, 0.4) is 0 Å². The van der Waals surface area contributed by atoms with Crippen LogP contribution in [0, 0.1) is 57.7 Å². The van der Waals surface area contributed by atoms with Crippen LogP contribution in [0.1, 0.15) is 135 Å². The van der Waals surface area contributed by atoms with Gasteiger partial charge in [0.2, 0.25) is 0 Å². The number of ether oxygens (including phenoxy) is 1. The second kappa shape index (κ2) is 10.5. The van der Waals surface area contributed by atoms with Crippen molar-refractivity contribution in [3.63, 3.8) is 0 Å². The maximum Gasteiger partial charge on any atom is 0.309 e. The molecule has 2 rings (SSSR count). The predicted octanol–water partition coefficient (Wildman–Crippen LogP) is 9.56. The lowest BCUT2D eigenvalue weighted by Crippen LogP contribution is -2.53. The SMILES string of the molecule is CCC1CCCC(C)CC(C)(C(C)(C)OC(=O)C2CC(C)C(C(C)(C)C)C(C(C)(C)C)C2C)C1. The van der Waals surface area contributed by atoms with Gasteiger partial charge in [-0.2, -0.15) is 0 Å². The molecule has 0 heterocycles. The molecule has 0 bridgehead atoms. The van der Waals surface area contributed by atoms with Gasteiger partial charge in [0, 0.05) is 5.41 Å². The predicted molar refractivity (Wildman–Crippen MR) is 147 cm³/mol. The summed E-state index contributed by atoms with van der Waals surface area (Å²) in [5.74, 6) is 3.43. The molecular formula is C32H60O2. The topological polar surface area (TPSA) is 26.3 Å². The molecule has 34 heavy (non-hydrogen) atoms. The van der Waals surface area contributed by atoms with Gasteiger partial charge in [-0.15, -0.1) is 0 Å². The third kappa shape index (κ3) is 6.42. The minimum atomic E-state index is -0.454. The van der Waals surface area contributed by atoms with E-state index in [0.29, 0.717) is 29.6 Å². The van der Waals surface area contributed by atoms with Gasteiger partial charge >= 0.3 is 5.97 Å². The van der Waals surface area contributed by atoms with E-state index < -0.39 is 5.60 Å². The molecule has 2 heteroatoms. The van der Waals surface area contributed by atoms with E-state index in [1.54, 1.807) is 0 Å². The van der Waals surface area contributed by atoms with Crippen LogP contribution in [0.4, 0.5) is 0 Å². The molecule has 0 aliphatic heterocycles. The maximum absolute atomic E-state index is 13.9. The van der Waals surface area contributed by atoms with Crippen LogP contribution in [-0.2, 0) is 9.53 Å². The second-order valence-corrected chi connectivity index (χ2v) is 15.7. The van der Waals surface area contributed by atoms with Crippen molar-refractivity contribution in [1.29, 1.82) is 0 Å². The molecule has 0 amide bonds. The molecule has 0 spiro atoms. The Kier molecular flexibility index (Phi) is 9.13. The average molecular weight is 477 g/mol. The maximum atomic E-state index is 13.9. The van der Waals surface area contributed by atoms with Crippen LogP contribution >= 0.6 is 0 Å². The van der Waals surface area contributed by atoms with Crippen LogP contribution in [0.15, 0.2) is 0 Å². The Labute approximate surface area is 213 Å². The third-order valence-electron chi connectivity index (χ3n) is 10.4. The van der Waals surface area contributed by atoms with Crippen LogP contribution in [0.5, 0.6) is 0 Å². The van der Waals surface area contributed by atoms with Crippen molar-refractivity contribution in [3.05, 3.63) is 0 Å². The number of hydrogen-bond acceptors (Lipinski definition) is 2. The van der Waals surface area contributed by atoms with Crippen molar-refractivity contribution in [1.82, 2.24) is 0 Å². The summed E-state index contributed by atoms with van der Waals surface area (Å²) in [7, 11) is 0. The fourth-order valence-corrected chi connectivity index (χ4v) is 8.46. The molecule has 8 atom stereocenters. The van der Waals surface area contributed by atoms with Gasteiger partial charge in [-0.05, 0) is 79.4 Å². The zero-order valence-corrected chi connectivity index (χ0v) is 25.3. The molecule has 2 fully saturated rings. The van der Waals surface area contributed by atoms with Gasteiger partial charge in [0.1, 0.15) is 5.60 Å². The zero-order valence-electron chi connectivity index (χ0n) is 25.3. The Morgan fingerprint density at radius 3 is 1.94 bits per heavy atom. The Bertz CT molecular complexity index is 678. The van der Waals surface area contributed by atoms with Gasteiger partial charge < -0.3 is 4.74 Å². The molecule has 0 aromatic carbocycles. The monoisotopic (exact) mass is 476 g/mol. The molecule has 0 N–H and O–H groups in total. The van der Waals surface area contributed by atoms with Crippen molar-refractivity contribution in [3.8, 4) is 0 Å². The van der Waals surface area contributed by atoms with E-state index in [1.165, 1.54) is 32.1 Å². The normalized spacial score (nSPS) is 38.7. The molecule has 200 valence electrons. The fourth-order valence-electron chi connectivity index (χ4n) is 8.46. The number of carbonyl (C=O) groups is 1. The van der Waals surface area contributed by atoms with Gasteiger partial charge in [-0.3, -0.25) is 4.79 Å². The first-order chi connectivity index (χ1) is 15.3. The number of hydrogen-bond donors (Lipinski definition) is 0. The molecule has 2 aliphatic carbocycles. The summed E-state index contributed by atoms with van der Waals surface area (Å²) in [4.78, 5) is 13.9. The van der Waals surface area contributed by atoms with E-state index in [-0.39, 0.29) is 28.1 Å². The molecule has 0 saturated heterocycles. The van der Waals surface area contributed by atoms with Gasteiger partial charge in [0.05, 0.1) is 5.92 Å². The summed E-state index contributed by atoms with van der Waals surface area (Å²) in [5, 5.41) is 0. The highest BCUT2D eigenvalue weighted by atomic mass is 16.6. The fraction of sp³-hybridized carbons (Fsp3) is 0.969. The lowest BCUT2D eigenvalue weighted by Gasteiger charge is -2.55. The quantitative estimate of drug-likeness (QED) is 0.377. The molecule has 2 nitrogen and oxygen atoms in total. The highest BCUT2D eigenvalue weighted by Gasteiger charge is 2.53. The standard InChI is InChI=1S/C32H60O2/c1-14-24-17-15-16-21(2)19-32(13,20-24)31(11,12)34-28(33)25-18-22(3)26(29(5,6)7)27(23(25)4)30(8,9)10/h21-27H,14-20H2,1-13H3. The summed E-state index contributed by atoms with van der Waals surface area (Å²) in [6.45, 7) is 30.6. The van der Waals surface area contributed by atoms with Gasteiger partial charge in [0.15, 0.2) is 0 Å². The summed E-state index contributed by atoms with van der Waals surface area (Å²) < 4.78 is 6.62. The van der Waals surface area contributed by atoms with Crippen molar-refractivity contribution in [2.45, 2.75) is 141 Å². The second-order valence-electron chi connectivity index (χ2n) is 15.7. The summed E-state index contributed by atoms with van der Waals surface area (Å²) >= 11 is 0. The Morgan fingerprint density at radius 1 is 0.882 bits per heavy atom.